The summed E-state index contributed by atoms with van der Waals surface area (Å²) >= 11 is 0. The quantitative estimate of drug-likeness (QED) is 0.618. The molecule has 1 saturated heterocycles. The number of benzene rings is 2. The van der Waals surface area contributed by atoms with E-state index in [9.17, 15) is 9.59 Å². The Bertz CT molecular complexity index is 675. The minimum Gasteiger partial charge on any atom is -0.399 e. The molecule has 3 rings (SSSR count). The summed E-state index contributed by atoms with van der Waals surface area (Å²) in [4.78, 5) is 24.6. The van der Waals surface area contributed by atoms with Crippen LogP contribution in [-0.2, 0) is 22.4 Å². The molecule has 1 aliphatic heterocycles. The van der Waals surface area contributed by atoms with Crippen molar-refractivity contribution in [2.75, 3.05) is 11.5 Å². The Hall–Kier alpha value is -3.02. The Morgan fingerprint density at radius 2 is 1.00 bits per heavy atom. The lowest BCUT2D eigenvalue weighted by Crippen LogP contribution is -2.62. The van der Waals surface area contributed by atoms with Crippen molar-refractivity contribution < 1.29 is 9.59 Å². The summed E-state index contributed by atoms with van der Waals surface area (Å²) < 4.78 is 0. The summed E-state index contributed by atoms with van der Waals surface area (Å²) in [5.74, 6) is -0.348. The molecule has 6 nitrogen and oxygen atoms in total. The smallest absolute Gasteiger partial charge is 0.243 e. The van der Waals surface area contributed by atoms with Gasteiger partial charge >= 0.3 is 0 Å². The molecule has 0 saturated carbocycles. The Morgan fingerprint density at radius 3 is 1.33 bits per heavy atom. The van der Waals surface area contributed by atoms with Crippen molar-refractivity contribution in [3.05, 3.63) is 59.7 Å². The van der Waals surface area contributed by atoms with Crippen molar-refractivity contribution in [3.8, 4) is 0 Å². The summed E-state index contributed by atoms with van der Waals surface area (Å²) in [5.41, 5.74) is 14.5. The zero-order valence-corrected chi connectivity index (χ0v) is 13.2. The molecule has 24 heavy (non-hydrogen) atoms. The molecule has 0 aliphatic carbocycles. The van der Waals surface area contributed by atoms with Gasteiger partial charge in [-0.1, -0.05) is 24.3 Å². The molecule has 1 heterocycles. The van der Waals surface area contributed by atoms with Crippen LogP contribution in [0.2, 0.25) is 0 Å². The van der Waals surface area contributed by atoms with Crippen LogP contribution in [-0.4, -0.2) is 23.9 Å². The number of hydrogen-bond acceptors (Lipinski definition) is 4. The van der Waals surface area contributed by atoms with Crippen LogP contribution < -0.4 is 22.1 Å². The standard InChI is InChI=1S/C18H20N4O2/c19-13-5-1-11(2-6-13)9-15-17(23)22-16(18(24)21-15)10-12-3-7-14(20)8-4-12/h1-8,15-16H,9-10,19-20H2,(H,21,24)(H,22,23). The number of rotatable bonds is 4. The fourth-order valence-electron chi connectivity index (χ4n) is 2.74. The Kier molecular flexibility index (Phi) is 4.37. The molecule has 0 radical (unpaired) electrons. The maximum Gasteiger partial charge on any atom is 0.243 e. The molecule has 6 N–H and O–H groups in total. The van der Waals surface area contributed by atoms with E-state index in [1.807, 2.05) is 24.3 Å². The van der Waals surface area contributed by atoms with Crippen LogP contribution in [0, 0.1) is 0 Å². The first kappa shape index (κ1) is 15.9. The van der Waals surface area contributed by atoms with Crippen LogP contribution in [0.25, 0.3) is 0 Å². The van der Waals surface area contributed by atoms with Gasteiger partial charge in [-0.05, 0) is 35.4 Å². The molecule has 124 valence electrons. The number of piperazine rings is 1. The summed E-state index contributed by atoms with van der Waals surface area (Å²) in [5, 5.41) is 5.61. The maximum absolute atomic E-state index is 12.3. The lowest BCUT2D eigenvalue weighted by molar-refractivity contribution is -0.136. The highest BCUT2D eigenvalue weighted by atomic mass is 16.2. The van der Waals surface area contributed by atoms with E-state index in [1.165, 1.54) is 0 Å². The zero-order chi connectivity index (χ0) is 17.1. The molecule has 1 aliphatic rings. The van der Waals surface area contributed by atoms with E-state index in [1.54, 1.807) is 24.3 Å². The number of anilines is 2. The van der Waals surface area contributed by atoms with E-state index in [4.69, 9.17) is 11.5 Å². The number of nitrogen functional groups attached to an aromatic ring is 2. The highest BCUT2D eigenvalue weighted by Gasteiger charge is 2.33. The van der Waals surface area contributed by atoms with Gasteiger partial charge in [0.1, 0.15) is 12.1 Å². The SMILES string of the molecule is Nc1ccc(CC2NC(=O)C(Cc3ccc(N)cc3)NC2=O)cc1. The van der Waals surface area contributed by atoms with Crippen molar-refractivity contribution in [2.45, 2.75) is 24.9 Å². The summed E-state index contributed by atoms with van der Waals surface area (Å²) in [7, 11) is 0. The van der Waals surface area contributed by atoms with E-state index in [2.05, 4.69) is 10.6 Å². The lowest BCUT2D eigenvalue weighted by atomic mass is 9.98. The Balaban J connectivity index is 1.63. The number of carbonyl (C=O) groups is 2. The van der Waals surface area contributed by atoms with Gasteiger partial charge in [0.15, 0.2) is 0 Å². The van der Waals surface area contributed by atoms with Gasteiger partial charge in [-0.15, -0.1) is 0 Å². The van der Waals surface area contributed by atoms with Crippen LogP contribution in [0.3, 0.4) is 0 Å². The maximum atomic E-state index is 12.3. The molecule has 2 aromatic carbocycles. The third-order valence-electron chi connectivity index (χ3n) is 4.11. The first-order chi connectivity index (χ1) is 11.5. The molecule has 2 unspecified atom stereocenters. The average molecular weight is 324 g/mol. The van der Waals surface area contributed by atoms with Gasteiger partial charge in [0.05, 0.1) is 0 Å². The molecule has 2 atom stereocenters. The van der Waals surface area contributed by atoms with Crippen LogP contribution in [0.1, 0.15) is 11.1 Å². The van der Waals surface area contributed by atoms with Gasteiger partial charge in [0, 0.05) is 24.2 Å². The zero-order valence-electron chi connectivity index (χ0n) is 13.2. The number of nitrogens with one attached hydrogen (secondary N) is 2. The van der Waals surface area contributed by atoms with E-state index in [0.717, 1.165) is 11.1 Å². The summed E-state index contributed by atoms with van der Waals surface area (Å²) in [6.07, 6.45) is 0.874. The van der Waals surface area contributed by atoms with Gasteiger partial charge in [-0.2, -0.15) is 0 Å². The second-order valence-electron chi connectivity index (χ2n) is 6.01. The second kappa shape index (κ2) is 6.62. The van der Waals surface area contributed by atoms with E-state index in [-0.39, 0.29) is 11.8 Å². The second-order valence-corrected chi connectivity index (χ2v) is 6.01. The highest BCUT2D eigenvalue weighted by Crippen LogP contribution is 2.13. The number of carbonyl (C=O) groups excluding carboxylic acids is 2. The van der Waals surface area contributed by atoms with Crippen molar-refractivity contribution in [1.29, 1.82) is 0 Å². The number of hydrogen-bond donors (Lipinski definition) is 4. The predicted octanol–water partition coefficient (Wildman–Crippen LogP) is 0.619. The first-order valence-corrected chi connectivity index (χ1v) is 7.81. The van der Waals surface area contributed by atoms with E-state index >= 15 is 0 Å². The molecule has 0 aromatic heterocycles. The monoisotopic (exact) mass is 324 g/mol. The minimum absolute atomic E-state index is 0.174. The lowest BCUT2D eigenvalue weighted by Gasteiger charge is -2.29. The van der Waals surface area contributed by atoms with E-state index < -0.39 is 12.1 Å². The van der Waals surface area contributed by atoms with Crippen LogP contribution >= 0.6 is 0 Å². The number of amides is 2. The molecule has 0 spiro atoms. The normalized spacial score (nSPS) is 20.3. The van der Waals surface area contributed by atoms with Gasteiger partial charge in [0.2, 0.25) is 11.8 Å². The van der Waals surface area contributed by atoms with Gasteiger partial charge in [0.25, 0.3) is 0 Å². The van der Waals surface area contributed by atoms with Gasteiger partial charge in [-0.25, -0.2) is 0 Å². The largest absolute Gasteiger partial charge is 0.399 e. The molecule has 6 heteroatoms. The average Bonchev–Trinajstić information content (AvgIpc) is 2.56. The summed E-state index contributed by atoms with van der Waals surface area (Å²) in [6.45, 7) is 0. The Labute approximate surface area is 140 Å². The predicted molar refractivity (Wildman–Crippen MR) is 93.0 cm³/mol. The third kappa shape index (κ3) is 3.65. The first-order valence-electron chi connectivity index (χ1n) is 7.81. The number of nitrogens with two attached hydrogens (primary N) is 2. The minimum atomic E-state index is -0.566. The summed E-state index contributed by atoms with van der Waals surface area (Å²) in [6, 6.07) is 13.4. The van der Waals surface area contributed by atoms with Crippen molar-refractivity contribution in [3.63, 3.8) is 0 Å². The molecular formula is C18H20N4O2. The highest BCUT2D eigenvalue weighted by molar-refractivity contribution is 5.97. The fourth-order valence-corrected chi connectivity index (χ4v) is 2.74. The van der Waals surface area contributed by atoms with Crippen LogP contribution in [0.15, 0.2) is 48.5 Å². The van der Waals surface area contributed by atoms with Gasteiger partial charge < -0.3 is 22.1 Å². The van der Waals surface area contributed by atoms with Crippen molar-refractivity contribution in [1.82, 2.24) is 10.6 Å². The fraction of sp³-hybridized carbons (Fsp3) is 0.222. The molecule has 0 bridgehead atoms. The van der Waals surface area contributed by atoms with Crippen molar-refractivity contribution >= 4 is 23.2 Å². The van der Waals surface area contributed by atoms with Crippen LogP contribution in [0.5, 0.6) is 0 Å². The van der Waals surface area contributed by atoms with Crippen LogP contribution in [0.4, 0.5) is 11.4 Å². The third-order valence-corrected chi connectivity index (χ3v) is 4.11. The topological polar surface area (TPSA) is 110 Å². The molecule has 1 fully saturated rings. The Morgan fingerprint density at radius 1 is 0.667 bits per heavy atom. The molecule has 2 amide bonds. The molecular weight excluding hydrogens is 304 g/mol. The van der Waals surface area contributed by atoms with E-state index in [0.29, 0.717) is 24.2 Å². The molecule has 2 aromatic rings. The van der Waals surface area contributed by atoms with Crippen molar-refractivity contribution in [2.24, 2.45) is 0 Å². The van der Waals surface area contributed by atoms with Gasteiger partial charge in [-0.3, -0.25) is 9.59 Å².